The molecule has 20 rings (SSSR count). The van der Waals surface area contributed by atoms with Gasteiger partial charge in [-0.1, -0.05) is 128 Å². The molecule has 2 spiro atoms. The van der Waals surface area contributed by atoms with Crippen molar-refractivity contribution in [2.24, 2.45) is 47.3 Å². The molecule has 0 saturated carbocycles. The van der Waals surface area contributed by atoms with Crippen LogP contribution < -0.4 is 56.5 Å². The predicted molar refractivity (Wildman–Crippen MR) is 496 cm³/mol. The Morgan fingerprint density at radius 2 is 0.886 bits per heavy atom. The first-order chi connectivity index (χ1) is 61.9. The van der Waals surface area contributed by atoms with Crippen molar-refractivity contribution in [1.82, 2.24) is 0 Å². The SMILES string of the molecule is C=C1C2C[C@@H]3O[C@H](C[C@H](C)CO[Si](C)(C)C(C)(C)C)[C@H](C)[C@H]3CC(=O)CC3CC[C@@H]4O[C@@H]5[C@H]6O[C@@H]7C[C@](CC[C@H](OC(=O)c8ccccc8)CC(=C)[C@H](OS(C)(=O)=O)CC[C@@H](C[C@H]1C)O2)(O[C@H]6[C@H]4O3)O[C@H]57.C=C1C[C@@H]2CC[C@@]34C[C@H]5O[C@H]6[C@@H](O3)[C@H]3OC(CC[C@@H]3O[C@H]6[C@H]5O4)CC(=O)C[C@@H]3[C@@H](C)[C@@H](C[C@H](C)CO[Si](C)(C)C(C)(C)C)O[C@H]3CC3O[C@@H](CCC1O2)C[C@@H](C)C3=C.C[O-].[K+]. The van der Waals surface area contributed by atoms with Crippen LogP contribution in [0.3, 0.4) is 0 Å². The summed E-state index contributed by atoms with van der Waals surface area (Å²) in [6.07, 6.45) is 10.3. The van der Waals surface area contributed by atoms with Gasteiger partial charge in [0.05, 0.1) is 116 Å². The molecule has 38 atom stereocenters. The Morgan fingerprint density at radius 1 is 0.470 bits per heavy atom. The molecule has 19 saturated heterocycles. The van der Waals surface area contributed by atoms with Gasteiger partial charge in [-0.2, -0.15) is 15.5 Å². The normalized spacial score (nSPS) is 43.9. The smallest absolute Gasteiger partial charge is 0.857 e. The third-order valence-corrected chi connectivity index (χ3v) is 43.9. The third-order valence-electron chi connectivity index (χ3n) is 34.4. The molecule has 22 bridgehead atoms. The summed E-state index contributed by atoms with van der Waals surface area (Å²) in [6, 6.07) is 8.80. The van der Waals surface area contributed by atoms with Gasteiger partial charge in [0.2, 0.25) is 0 Å². The number of ketones is 2. The molecule has 0 aromatic heterocycles. The summed E-state index contributed by atoms with van der Waals surface area (Å²) in [5.74, 6) is -0.553. The van der Waals surface area contributed by atoms with Gasteiger partial charge in [-0.25, -0.2) is 4.79 Å². The minimum Gasteiger partial charge on any atom is -0.857 e. The molecule has 19 aliphatic heterocycles. The minimum atomic E-state index is -3.93. The maximum Gasteiger partial charge on any atom is 1.00 e. The Morgan fingerprint density at radius 3 is 1.35 bits per heavy atom. The van der Waals surface area contributed by atoms with Crippen LogP contribution in [0.2, 0.25) is 36.3 Å². The van der Waals surface area contributed by atoms with Gasteiger partial charge >= 0.3 is 57.4 Å². The summed E-state index contributed by atoms with van der Waals surface area (Å²) in [5.41, 5.74) is 4.20. The maximum absolute atomic E-state index is 14.5. The molecule has 0 N–H and O–H groups in total. The summed E-state index contributed by atoms with van der Waals surface area (Å²) >= 11 is 0. The number of Topliss-reactive ketones (excluding diaryl/α,β-unsaturated/α-hetero) is 2. The second-order valence-electron chi connectivity index (χ2n) is 46.2. The number of carbonyl (C=O) groups excluding carboxylic acids is 3. The van der Waals surface area contributed by atoms with Gasteiger partial charge in [0.1, 0.15) is 78.7 Å². The predicted octanol–water partition coefficient (Wildman–Crippen LogP) is 13.6. The standard InChI is InChI=1S/C55H82O14SSi.C47H74O10Si.CH3O.K/c1-31(30-60-71(10,11)54(6,7)8)23-44-35(5)41-27-37(56)26-39-18-20-43-48(62-39)52-51-50(65-43)49-47(66-51)29-55(67-49,68-52)22-21-40(63-53(57)36-15-13-12-14-16-36)25-33(3)42(69-70(9,58)59)19-17-38-24-32(2)34(4)45(61-38)28-46(41)64-44;1-25(24-49-58(9,10)46(6,7)8)17-37-29(5)34-21-30(48)20-32-12-14-36-41(52-32)45-44-43(54-36)42-40(55-44)23-47(56-42,57-45)16-15-33-19-27(3)35(50-33)13-11-31-18-26(2)28(4)38(51-31)22-39(34)53-37;1-2;/h12-16,31-32,35,38-52H,3-4,17-30H2,1-2,5-11H3;25-26,29,31-45H,3-4,11-24H2,1-2,5-10H3;1H3;/q;;-1;+1/t31-,32+,35+,38-,39?,40-,41+,42+,43-,44+,45?,46-,47+,48-,49-,50-,51+,52-,55-;25-,26+,29+,31-,32?,33-,34+,35?,36-,37+,38?,39-,40+,41-,42-,43-,44+,45-,47-;;/m00../s1. The number of carbonyl (C=O) groups is 3. The Hall–Kier alpha value is -1.75. The molecule has 29 heteroatoms. The number of ether oxygens (including phenoxy) is 16. The first-order valence-corrected chi connectivity index (χ1v) is 58.0. The van der Waals surface area contributed by atoms with Gasteiger partial charge < -0.3 is 89.7 Å². The number of hydrogen-bond acceptors (Lipinski definition) is 25. The molecule has 19 fully saturated rings. The Balaban J connectivity index is 0.000000200. The summed E-state index contributed by atoms with van der Waals surface area (Å²) < 4.78 is 155. The number of hydrogen-bond donors (Lipinski definition) is 0. The fraction of sp³-hybridized carbons (Fsp3) is 0.835. The summed E-state index contributed by atoms with van der Waals surface area (Å²) in [4.78, 5) is 42.5. The van der Waals surface area contributed by atoms with Crippen LogP contribution in [0, 0.1) is 47.3 Å². The van der Waals surface area contributed by atoms with Crippen molar-refractivity contribution in [3.05, 3.63) is 84.5 Å². The van der Waals surface area contributed by atoms with Crippen LogP contribution in [-0.2, 0) is 109 Å². The van der Waals surface area contributed by atoms with E-state index in [1.54, 1.807) is 24.3 Å². The molecule has 1 aromatic carbocycles. The molecule has 0 aliphatic carbocycles. The molecule has 5 unspecified atom stereocenters. The molecule has 132 heavy (non-hydrogen) atoms. The van der Waals surface area contributed by atoms with E-state index in [2.05, 4.69) is 136 Å². The molecule has 19 heterocycles. The summed E-state index contributed by atoms with van der Waals surface area (Å²) in [7, 11) is -7.02. The molecular weight excluding hydrogens is 1760 g/mol. The molecule has 19 aliphatic rings. The van der Waals surface area contributed by atoms with Crippen molar-refractivity contribution >= 4 is 44.3 Å². The molecule has 25 nitrogen and oxygen atoms in total. The van der Waals surface area contributed by atoms with E-state index in [-0.39, 0.29) is 262 Å². The Kier molecular flexibility index (Phi) is 33.5. The summed E-state index contributed by atoms with van der Waals surface area (Å²) in [5, 5.41) is 8.52. The monoisotopic (exact) mass is 1920 g/mol. The zero-order valence-corrected chi connectivity index (χ0v) is 88.9. The first kappa shape index (κ1) is 105. The van der Waals surface area contributed by atoms with Crippen LogP contribution in [0.15, 0.2) is 78.9 Å². The van der Waals surface area contributed by atoms with E-state index in [1.807, 2.05) is 6.07 Å². The number of fused-ring (bicyclic) bond motifs is 10. The second kappa shape index (κ2) is 42.3. The van der Waals surface area contributed by atoms with Crippen molar-refractivity contribution < 1.29 is 168 Å². The topological polar surface area (TPSA) is 284 Å². The van der Waals surface area contributed by atoms with E-state index in [1.165, 1.54) is 5.57 Å². The van der Waals surface area contributed by atoms with Crippen molar-refractivity contribution in [1.29, 1.82) is 0 Å². The van der Waals surface area contributed by atoms with Gasteiger partial charge in [0, 0.05) is 83.8 Å². The zero-order valence-electron chi connectivity index (χ0n) is 82.9. The Labute approximate surface area is 832 Å². The third kappa shape index (κ3) is 23.2. The number of esters is 1. The van der Waals surface area contributed by atoms with Crippen LogP contribution in [-0.4, -0.2) is 252 Å². The average molecular weight is 1920 g/mol. The molecular formula is C103H159KO25SSi2. The van der Waals surface area contributed by atoms with Gasteiger partial charge in [0.15, 0.2) is 28.2 Å². The maximum atomic E-state index is 14.5. The minimum absolute atomic E-state index is 0. The van der Waals surface area contributed by atoms with Gasteiger partial charge in [0.25, 0.3) is 10.1 Å². The van der Waals surface area contributed by atoms with E-state index >= 15 is 0 Å². The van der Waals surface area contributed by atoms with E-state index in [0.29, 0.717) is 107 Å². The van der Waals surface area contributed by atoms with E-state index in [4.69, 9.17) is 93.9 Å². The number of benzene rings is 1. The molecule has 0 amide bonds. The van der Waals surface area contributed by atoms with Gasteiger partial charge in [-0.05, 0) is 214 Å². The molecule has 1 aromatic rings. The van der Waals surface area contributed by atoms with Crippen LogP contribution in [0.4, 0.5) is 0 Å². The first-order valence-electron chi connectivity index (χ1n) is 50.4. The molecule has 0 radical (unpaired) electrons. The van der Waals surface area contributed by atoms with Crippen molar-refractivity contribution in [3.63, 3.8) is 0 Å². The van der Waals surface area contributed by atoms with Crippen LogP contribution in [0.25, 0.3) is 0 Å². The molecule has 736 valence electrons. The van der Waals surface area contributed by atoms with Gasteiger partial charge in [-0.3, -0.25) is 13.8 Å². The van der Waals surface area contributed by atoms with Crippen LogP contribution >= 0.6 is 0 Å². The number of rotatable bonds is 14. The van der Waals surface area contributed by atoms with E-state index in [0.717, 1.165) is 108 Å². The fourth-order valence-corrected chi connectivity index (χ4v) is 27.5. The van der Waals surface area contributed by atoms with Crippen molar-refractivity contribution in [3.8, 4) is 0 Å². The van der Waals surface area contributed by atoms with Crippen LogP contribution in [0.1, 0.15) is 260 Å². The van der Waals surface area contributed by atoms with Gasteiger partial charge in [-0.15, -0.1) is 0 Å². The fourth-order valence-electron chi connectivity index (χ4n) is 24.6. The van der Waals surface area contributed by atoms with E-state index < -0.39 is 74.8 Å². The Bertz CT molecular complexity index is 4310. The average Bonchev–Trinajstić information content (AvgIpc) is 1.55. The quantitative estimate of drug-likeness (QED) is 0.0724. The zero-order chi connectivity index (χ0) is 93.7. The van der Waals surface area contributed by atoms with Crippen molar-refractivity contribution in [2.75, 3.05) is 26.6 Å². The largest absolute Gasteiger partial charge is 1.00 e. The summed E-state index contributed by atoms with van der Waals surface area (Å²) in [6.45, 7) is 55.8. The second-order valence-corrected chi connectivity index (χ2v) is 57.4. The van der Waals surface area contributed by atoms with Crippen molar-refractivity contribution in [2.45, 2.75) is 469 Å². The van der Waals surface area contributed by atoms with Crippen LogP contribution in [0.5, 0.6) is 0 Å². The van der Waals surface area contributed by atoms with E-state index in [9.17, 15) is 22.8 Å².